The Hall–Kier alpha value is -5.38. The fraction of sp³-hybridized carbons (Fsp3) is 0.836. The molecule has 0 radical (unpaired) electrons. The van der Waals surface area contributed by atoms with E-state index in [0.29, 0.717) is 58.2 Å². The Morgan fingerprint density at radius 1 is 0.566 bits per heavy atom. The lowest BCUT2D eigenvalue weighted by Gasteiger charge is -2.35. The van der Waals surface area contributed by atoms with E-state index in [-0.39, 0.29) is 74.4 Å². The van der Waals surface area contributed by atoms with Gasteiger partial charge in [-0.25, -0.2) is 0 Å². The van der Waals surface area contributed by atoms with E-state index in [1.54, 1.807) is 4.90 Å². The summed E-state index contributed by atoms with van der Waals surface area (Å²) in [5.74, 6) is -5.12. The maximum Gasteiger partial charge on any atom is 0.246 e. The number of carbonyl (C=O) groups is 10. The molecule has 10 N–H and O–H groups in total. The predicted octanol–water partition coefficient (Wildman–Crippen LogP) is 4.15. The summed E-state index contributed by atoms with van der Waals surface area (Å²) in [7, 11) is 1.83. The van der Waals surface area contributed by atoms with Crippen LogP contribution in [-0.2, 0) is 47.9 Å². The molecule has 0 bridgehead atoms. The third-order valence-electron chi connectivity index (χ3n) is 15.5. The monoisotopic (exact) mass is 1170 g/mol. The normalized spacial score (nSPS) is 16.9. The number of amides is 10. The first-order valence-electron chi connectivity index (χ1n) is 31.2. The zero-order chi connectivity index (χ0) is 62.7. The standard InChI is InChI=1S/C61H111N11O11/c1-15-17-18-19-20-24-29-44(52(77)64-46(37-41(5)6)53(78)68-59(8,9)56(81)67-45(36-40(3)4)51(76)62-32-31-49(74)63-42(7)39-71(14)34-35-73)66-57(82)60(10,11)70-58(83)61(12,13)69-54(79)47(38-43-27-22-21-23-28-43)65-55(80)48-30-25-33-72(48)50(75)26-16-2/h40-48,73H,15-39H2,1-14H3,(H,62,76)(H,63,74)(H,64,77)(H,65,80)(H,66,82)(H,67,81)(H,68,78)(H,69,79)(H,70,83)/t42-,44-,45-,46-,47-,48-/m0/s1. The highest BCUT2D eigenvalue weighted by Crippen LogP contribution is 2.28. The van der Waals surface area contributed by atoms with Crippen molar-refractivity contribution < 1.29 is 53.1 Å². The molecule has 1 aliphatic heterocycles. The molecule has 22 heteroatoms. The molecule has 1 aliphatic carbocycles. The van der Waals surface area contributed by atoms with Crippen molar-refractivity contribution in [2.75, 3.05) is 39.8 Å². The number of rotatable bonds is 38. The summed E-state index contributed by atoms with van der Waals surface area (Å²) < 4.78 is 0. The minimum atomic E-state index is -1.63. The zero-order valence-corrected chi connectivity index (χ0v) is 53.3. The van der Waals surface area contributed by atoms with Gasteiger partial charge in [-0.2, -0.15) is 0 Å². The topological polar surface area (TPSA) is 306 Å². The second-order valence-electron chi connectivity index (χ2n) is 26.0. The molecule has 2 aliphatic rings. The van der Waals surface area contributed by atoms with E-state index in [4.69, 9.17) is 0 Å². The van der Waals surface area contributed by atoms with Gasteiger partial charge < -0.3 is 62.8 Å². The Kier molecular flexibility index (Phi) is 32.4. The molecule has 0 spiro atoms. The highest BCUT2D eigenvalue weighted by atomic mass is 16.3. The summed E-state index contributed by atoms with van der Waals surface area (Å²) in [6.45, 7) is 23.8. The van der Waals surface area contributed by atoms with E-state index in [1.165, 1.54) is 41.5 Å². The lowest BCUT2D eigenvalue weighted by Crippen LogP contribution is -2.66. The molecule has 0 unspecified atom stereocenters. The van der Waals surface area contributed by atoms with E-state index in [1.807, 2.05) is 53.5 Å². The van der Waals surface area contributed by atoms with Gasteiger partial charge in [-0.05, 0) is 118 Å². The Morgan fingerprint density at radius 3 is 1.69 bits per heavy atom. The minimum Gasteiger partial charge on any atom is -0.395 e. The molecule has 6 atom stereocenters. The molecule has 22 nitrogen and oxygen atoms in total. The number of hydrogen-bond acceptors (Lipinski definition) is 12. The van der Waals surface area contributed by atoms with Crippen molar-refractivity contribution in [1.82, 2.24) is 57.7 Å². The first kappa shape index (κ1) is 73.7. The Balaban J connectivity index is 2.26. The van der Waals surface area contributed by atoms with Gasteiger partial charge in [0, 0.05) is 45.1 Å². The van der Waals surface area contributed by atoms with Gasteiger partial charge in [-0.15, -0.1) is 0 Å². The van der Waals surface area contributed by atoms with Crippen LogP contribution in [0.4, 0.5) is 0 Å². The van der Waals surface area contributed by atoms with Gasteiger partial charge in [-0.1, -0.05) is 112 Å². The minimum absolute atomic E-state index is 0.000292. The molecule has 0 aromatic rings. The number of nitrogens with zero attached hydrogens (tertiary/aromatic N) is 2. The van der Waals surface area contributed by atoms with Crippen molar-refractivity contribution in [2.24, 2.45) is 17.8 Å². The van der Waals surface area contributed by atoms with Crippen LogP contribution in [0.25, 0.3) is 0 Å². The molecule has 1 saturated carbocycles. The summed E-state index contributed by atoms with van der Waals surface area (Å²) in [5.41, 5.74) is -4.80. The summed E-state index contributed by atoms with van der Waals surface area (Å²) in [6.07, 6.45) is 13.4. The lowest BCUT2D eigenvalue weighted by atomic mass is 9.84. The Bertz CT molecular complexity index is 2110. The number of aliphatic hydroxyl groups excluding tert-OH is 1. The van der Waals surface area contributed by atoms with Crippen LogP contribution >= 0.6 is 0 Å². The van der Waals surface area contributed by atoms with Gasteiger partial charge in [0.1, 0.15) is 46.8 Å². The van der Waals surface area contributed by atoms with Gasteiger partial charge in [0.25, 0.3) is 0 Å². The highest BCUT2D eigenvalue weighted by Gasteiger charge is 2.42. The fourth-order valence-corrected chi connectivity index (χ4v) is 10.6. The van der Waals surface area contributed by atoms with Gasteiger partial charge in [-0.3, -0.25) is 47.9 Å². The molecule has 1 heterocycles. The third-order valence-corrected chi connectivity index (χ3v) is 15.5. The van der Waals surface area contributed by atoms with Crippen molar-refractivity contribution in [3.8, 4) is 0 Å². The van der Waals surface area contributed by atoms with E-state index in [0.717, 1.165) is 64.2 Å². The van der Waals surface area contributed by atoms with Crippen LogP contribution in [-0.4, -0.2) is 167 Å². The molecule has 2 fully saturated rings. The number of likely N-dealkylation sites (tertiary alicyclic amines) is 1. The van der Waals surface area contributed by atoms with E-state index in [2.05, 4.69) is 54.8 Å². The molecule has 1 saturated heterocycles. The SMILES string of the molecule is CCCCCCCC[C@H](NC(=O)C(C)(C)NC(=O)C(C)(C)NC(=O)[C@H](CC1CCCCC1)NC(=O)[C@@H]1CCCN1C(=O)CCC)C(=O)N[C@@H](CC(C)C)C(=O)NC(C)(C)C(=O)N[C@@H](CC(C)C)C(=O)NCCC(=O)N[C@@H](C)CN(C)CCO. The van der Waals surface area contributed by atoms with Crippen molar-refractivity contribution in [3.63, 3.8) is 0 Å². The Labute approximate surface area is 497 Å². The van der Waals surface area contributed by atoms with Crippen LogP contribution in [0.1, 0.15) is 218 Å². The molecular formula is C61H111N11O11. The molecule has 2 rings (SSSR count). The predicted molar refractivity (Wildman–Crippen MR) is 322 cm³/mol. The quantitative estimate of drug-likeness (QED) is 0.0390. The molecule has 0 aromatic heterocycles. The molecule has 10 amide bonds. The maximum absolute atomic E-state index is 14.4. The average Bonchev–Trinajstić information content (AvgIpc) is 4.12. The zero-order valence-electron chi connectivity index (χ0n) is 53.3. The summed E-state index contributed by atoms with van der Waals surface area (Å²) in [6, 6.07) is -5.15. The second kappa shape index (κ2) is 36.5. The van der Waals surface area contributed by atoms with Crippen LogP contribution < -0.4 is 47.9 Å². The third kappa shape index (κ3) is 27.0. The fourth-order valence-electron chi connectivity index (χ4n) is 10.6. The number of carbonyl (C=O) groups excluding carboxylic acids is 10. The summed E-state index contributed by atoms with van der Waals surface area (Å²) >= 11 is 0. The van der Waals surface area contributed by atoms with Gasteiger partial charge in [0.15, 0.2) is 0 Å². The van der Waals surface area contributed by atoms with Crippen LogP contribution in [0.15, 0.2) is 0 Å². The smallest absolute Gasteiger partial charge is 0.246 e. The number of nitrogens with one attached hydrogen (secondary N) is 9. The summed E-state index contributed by atoms with van der Waals surface area (Å²) in [5, 5.41) is 34.6. The Morgan fingerprint density at radius 2 is 1.11 bits per heavy atom. The van der Waals surface area contributed by atoms with Gasteiger partial charge in [0.05, 0.1) is 6.61 Å². The van der Waals surface area contributed by atoms with Crippen LogP contribution in [0.5, 0.6) is 0 Å². The van der Waals surface area contributed by atoms with Gasteiger partial charge >= 0.3 is 0 Å². The van der Waals surface area contributed by atoms with E-state index in [9.17, 15) is 53.1 Å². The number of likely N-dealkylation sites (N-methyl/N-ethyl adjacent to an activating group) is 1. The second-order valence-corrected chi connectivity index (χ2v) is 26.0. The number of unbranched alkanes of at least 4 members (excludes halogenated alkanes) is 5. The van der Waals surface area contributed by atoms with Gasteiger partial charge in [0.2, 0.25) is 59.1 Å². The van der Waals surface area contributed by atoms with Crippen molar-refractivity contribution in [2.45, 2.75) is 271 Å². The first-order valence-corrected chi connectivity index (χ1v) is 31.2. The molecule has 476 valence electrons. The van der Waals surface area contributed by atoms with E-state index >= 15 is 0 Å². The molecule has 83 heavy (non-hydrogen) atoms. The molecule has 0 aromatic carbocycles. The van der Waals surface area contributed by atoms with Crippen LogP contribution in [0.3, 0.4) is 0 Å². The van der Waals surface area contributed by atoms with Crippen molar-refractivity contribution in [1.29, 1.82) is 0 Å². The number of hydrogen-bond donors (Lipinski definition) is 10. The number of aliphatic hydroxyl groups is 1. The van der Waals surface area contributed by atoms with E-state index < -0.39 is 94.1 Å². The van der Waals surface area contributed by atoms with Crippen LogP contribution in [0.2, 0.25) is 0 Å². The van der Waals surface area contributed by atoms with Crippen LogP contribution in [0, 0.1) is 17.8 Å². The largest absolute Gasteiger partial charge is 0.395 e. The lowest BCUT2D eigenvalue weighted by molar-refractivity contribution is -0.141. The average molecular weight is 1170 g/mol. The molecular weight excluding hydrogens is 1060 g/mol. The maximum atomic E-state index is 14.4. The van der Waals surface area contributed by atoms with Crippen molar-refractivity contribution >= 4 is 59.1 Å². The van der Waals surface area contributed by atoms with Crippen molar-refractivity contribution in [3.05, 3.63) is 0 Å². The highest BCUT2D eigenvalue weighted by molar-refractivity contribution is 6.00. The first-order chi connectivity index (χ1) is 38.9. The summed E-state index contributed by atoms with van der Waals surface area (Å²) in [4.78, 5) is 142.